The van der Waals surface area contributed by atoms with Crippen molar-refractivity contribution in [2.75, 3.05) is 18.0 Å². The van der Waals surface area contributed by atoms with Gasteiger partial charge in [0.05, 0.1) is 17.5 Å². The van der Waals surface area contributed by atoms with Crippen LogP contribution < -0.4 is 10.6 Å². The molecule has 0 bridgehead atoms. The molecule has 1 heterocycles. The van der Waals surface area contributed by atoms with E-state index in [1.807, 2.05) is 17.9 Å². The number of likely N-dealkylation sites (N-methyl/N-ethyl adjacent to an activating group) is 1. The van der Waals surface area contributed by atoms with E-state index in [0.717, 1.165) is 12.2 Å². The van der Waals surface area contributed by atoms with Gasteiger partial charge in [0.25, 0.3) is 0 Å². The smallest absolute Gasteiger partial charge is 0.188 e. The highest BCUT2D eigenvalue weighted by atomic mass is 16.4. The average molecular weight is 252 g/mol. The minimum absolute atomic E-state index is 0.0212. The molecule has 0 unspecified atom stereocenters. The number of hydrogen-bond acceptors (Lipinski definition) is 5. The summed E-state index contributed by atoms with van der Waals surface area (Å²) in [5, 5.41) is 21.3. The lowest BCUT2D eigenvalue weighted by Crippen LogP contribution is -2.38. The first kappa shape index (κ1) is 14.2. The highest BCUT2D eigenvalue weighted by Crippen LogP contribution is 2.16. The van der Waals surface area contributed by atoms with Gasteiger partial charge in [-0.05, 0) is 32.9 Å². The van der Waals surface area contributed by atoms with Gasteiger partial charge in [0.15, 0.2) is 5.84 Å². The first-order valence-electron chi connectivity index (χ1n) is 5.78. The Hall–Kier alpha value is -1.82. The second-order valence-corrected chi connectivity index (χ2v) is 4.71. The molecular weight excluding hydrogens is 232 g/mol. The van der Waals surface area contributed by atoms with Crippen molar-refractivity contribution in [3.63, 3.8) is 0 Å². The van der Waals surface area contributed by atoms with Crippen molar-refractivity contribution in [2.45, 2.75) is 26.4 Å². The van der Waals surface area contributed by atoms with Gasteiger partial charge in [-0.15, -0.1) is 0 Å². The number of aromatic nitrogens is 1. The van der Waals surface area contributed by atoms with Crippen LogP contribution >= 0.6 is 0 Å². The molecule has 100 valence electrons. The number of nitrogens with zero attached hydrogens (tertiary/aromatic N) is 3. The third-order valence-electron chi connectivity index (χ3n) is 2.44. The van der Waals surface area contributed by atoms with Crippen molar-refractivity contribution in [1.29, 1.82) is 0 Å². The van der Waals surface area contributed by atoms with Crippen molar-refractivity contribution in [3.8, 4) is 0 Å². The van der Waals surface area contributed by atoms with E-state index in [-0.39, 0.29) is 5.84 Å². The van der Waals surface area contributed by atoms with E-state index < -0.39 is 5.60 Å². The zero-order chi connectivity index (χ0) is 13.8. The minimum atomic E-state index is -0.778. The highest BCUT2D eigenvalue weighted by molar-refractivity contribution is 5.95. The Morgan fingerprint density at radius 3 is 2.56 bits per heavy atom. The maximum Gasteiger partial charge on any atom is 0.188 e. The van der Waals surface area contributed by atoms with Crippen LogP contribution in [-0.2, 0) is 0 Å². The largest absolute Gasteiger partial charge is 0.409 e. The summed E-state index contributed by atoms with van der Waals surface area (Å²) in [5.41, 5.74) is 5.96. The van der Waals surface area contributed by atoms with Crippen molar-refractivity contribution in [2.24, 2.45) is 10.9 Å². The first-order valence-corrected chi connectivity index (χ1v) is 5.78. The molecule has 0 radical (unpaired) electrons. The maximum atomic E-state index is 9.83. The molecule has 0 fully saturated rings. The van der Waals surface area contributed by atoms with Gasteiger partial charge in [0.1, 0.15) is 5.69 Å². The fourth-order valence-electron chi connectivity index (χ4n) is 1.63. The average Bonchev–Trinajstić information content (AvgIpc) is 2.34. The van der Waals surface area contributed by atoms with Gasteiger partial charge in [0, 0.05) is 13.1 Å². The van der Waals surface area contributed by atoms with Crippen LogP contribution in [0.5, 0.6) is 0 Å². The SMILES string of the molecule is CCN(CC(C)(C)O)c1ccc(/C(N)=N/O)nc1. The van der Waals surface area contributed by atoms with Crippen LogP contribution in [0.2, 0.25) is 0 Å². The van der Waals surface area contributed by atoms with Crippen LogP contribution in [0.15, 0.2) is 23.5 Å². The van der Waals surface area contributed by atoms with E-state index in [0.29, 0.717) is 12.2 Å². The maximum absolute atomic E-state index is 9.83. The molecule has 0 aliphatic carbocycles. The Morgan fingerprint density at radius 2 is 2.17 bits per heavy atom. The zero-order valence-corrected chi connectivity index (χ0v) is 11.0. The topological polar surface area (TPSA) is 95.0 Å². The summed E-state index contributed by atoms with van der Waals surface area (Å²) in [6.07, 6.45) is 1.64. The number of oxime groups is 1. The van der Waals surface area contributed by atoms with E-state index in [9.17, 15) is 5.11 Å². The van der Waals surface area contributed by atoms with Gasteiger partial charge in [-0.25, -0.2) is 0 Å². The summed E-state index contributed by atoms with van der Waals surface area (Å²) in [7, 11) is 0. The third kappa shape index (κ3) is 3.89. The van der Waals surface area contributed by atoms with Crippen molar-refractivity contribution in [3.05, 3.63) is 24.0 Å². The van der Waals surface area contributed by atoms with E-state index in [1.54, 1.807) is 26.1 Å². The molecule has 1 aromatic rings. The van der Waals surface area contributed by atoms with E-state index in [2.05, 4.69) is 10.1 Å². The van der Waals surface area contributed by atoms with Gasteiger partial charge in [-0.3, -0.25) is 4.98 Å². The summed E-state index contributed by atoms with van der Waals surface area (Å²) in [6.45, 7) is 6.79. The molecule has 0 amide bonds. The minimum Gasteiger partial charge on any atom is -0.409 e. The van der Waals surface area contributed by atoms with Gasteiger partial charge in [0.2, 0.25) is 0 Å². The van der Waals surface area contributed by atoms with E-state index in [4.69, 9.17) is 10.9 Å². The number of aliphatic hydroxyl groups is 1. The van der Waals surface area contributed by atoms with Gasteiger partial charge >= 0.3 is 0 Å². The third-order valence-corrected chi connectivity index (χ3v) is 2.44. The standard InChI is InChI=1S/C12H20N4O2/c1-4-16(8-12(2,3)17)9-5-6-10(14-7-9)11(13)15-18/h5-7,17-18H,4,8H2,1-3H3,(H2,13,15). The Bertz CT molecular complexity index is 409. The summed E-state index contributed by atoms with van der Waals surface area (Å²) >= 11 is 0. The predicted octanol–water partition coefficient (Wildman–Crippen LogP) is 0.773. The zero-order valence-electron chi connectivity index (χ0n) is 11.0. The molecule has 0 aliphatic heterocycles. The summed E-state index contributed by atoms with van der Waals surface area (Å²) < 4.78 is 0. The van der Waals surface area contributed by atoms with E-state index >= 15 is 0 Å². The second-order valence-electron chi connectivity index (χ2n) is 4.71. The normalized spacial score (nSPS) is 12.6. The molecule has 0 saturated heterocycles. The lowest BCUT2D eigenvalue weighted by Gasteiger charge is -2.29. The van der Waals surface area contributed by atoms with Crippen LogP contribution in [0.1, 0.15) is 26.5 Å². The van der Waals surface area contributed by atoms with Crippen LogP contribution in [-0.4, -0.2) is 39.8 Å². The number of hydrogen-bond donors (Lipinski definition) is 3. The molecule has 18 heavy (non-hydrogen) atoms. The molecule has 0 aromatic carbocycles. The second kappa shape index (κ2) is 5.68. The van der Waals surface area contributed by atoms with E-state index in [1.165, 1.54) is 0 Å². The monoisotopic (exact) mass is 252 g/mol. The Labute approximate surface area is 107 Å². The van der Waals surface area contributed by atoms with Crippen LogP contribution in [0, 0.1) is 0 Å². The molecule has 0 saturated carbocycles. The summed E-state index contributed by atoms with van der Waals surface area (Å²) in [5.74, 6) is -0.0212. The number of rotatable bonds is 5. The van der Waals surface area contributed by atoms with Crippen molar-refractivity contribution < 1.29 is 10.3 Å². The fourth-order valence-corrected chi connectivity index (χ4v) is 1.63. The molecule has 6 nitrogen and oxygen atoms in total. The molecule has 0 aliphatic rings. The Kier molecular flexibility index (Phi) is 4.49. The molecular formula is C12H20N4O2. The van der Waals surface area contributed by atoms with Crippen molar-refractivity contribution >= 4 is 11.5 Å². The molecule has 1 rings (SSSR count). The quantitative estimate of drug-likeness (QED) is 0.311. The summed E-state index contributed by atoms with van der Waals surface area (Å²) in [4.78, 5) is 6.11. The van der Waals surface area contributed by atoms with Gasteiger partial charge < -0.3 is 20.9 Å². The fraction of sp³-hybridized carbons (Fsp3) is 0.500. The predicted molar refractivity (Wildman–Crippen MR) is 70.9 cm³/mol. The number of nitrogens with two attached hydrogens (primary N) is 1. The van der Waals surface area contributed by atoms with Gasteiger partial charge in [-0.2, -0.15) is 0 Å². The lowest BCUT2D eigenvalue weighted by molar-refractivity contribution is 0.0876. The summed E-state index contributed by atoms with van der Waals surface area (Å²) in [6, 6.07) is 3.51. The number of anilines is 1. The number of amidine groups is 1. The molecule has 4 N–H and O–H groups in total. The first-order chi connectivity index (χ1) is 8.37. The molecule has 1 aromatic heterocycles. The highest BCUT2D eigenvalue weighted by Gasteiger charge is 2.17. The van der Waals surface area contributed by atoms with Crippen LogP contribution in [0.25, 0.3) is 0 Å². The van der Waals surface area contributed by atoms with Crippen LogP contribution in [0.3, 0.4) is 0 Å². The molecule has 6 heteroatoms. The number of pyridine rings is 1. The van der Waals surface area contributed by atoms with Crippen LogP contribution in [0.4, 0.5) is 5.69 Å². The molecule has 0 atom stereocenters. The Balaban J connectivity index is 2.89. The molecule has 0 spiro atoms. The lowest BCUT2D eigenvalue weighted by atomic mass is 10.1. The van der Waals surface area contributed by atoms with Crippen molar-refractivity contribution in [1.82, 2.24) is 4.98 Å². The van der Waals surface area contributed by atoms with Gasteiger partial charge in [-0.1, -0.05) is 5.16 Å². The Morgan fingerprint density at radius 1 is 1.50 bits per heavy atom.